The van der Waals surface area contributed by atoms with Gasteiger partial charge in [0.25, 0.3) is 5.56 Å². The van der Waals surface area contributed by atoms with E-state index in [-0.39, 0.29) is 44.1 Å². The molecule has 0 spiro atoms. The first-order valence-corrected chi connectivity index (χ1v) is 12.0. The number of carbonyl (C=O) groups excluding carboxylic acids is 1. The summed E-state index contributed by atoms with van der Waals surface area (Å²) in [5.74, 6) is -1.49. The van der Waals surface area contributed by atoms with Gasteiger partial charge in [-0.1, -0.05) is 35.5 Å². The molecule has 38 heavy (non-hydrogen) atoms. The highest BCUT2D eigenvalue weighted by Gasteiger charge is 2.35. The zero-order chi connectivity index (χ0) is 28.2. The number of esters is 1. The Hall–Kier alpha value is -3.29. The molecule has 2 aromatic carbocycles. The molecule has 0 aliphatic heterocycles. The molecule has 0 saturated heterocycles. The van der Waals surface area contributed by atoms with Gasteiger partial charge in [0, 0.05) is 25.1 Å². The van der Waals surface area contributed by atoms with Gasteiger partial charge in [0.15, 0.2) is 6.10 Å². The summed E-state index contributed by atoms with van der Waals surface area (Å²) in [5, 5.41) is -0.102. The van der Waals surface area contributed by atoms with Crippen LogP contribution in [-0.2, 0) is 27.5 Å². The van der Waals surface area contributed by atoms with E-state index >= 15 is 0 Å². The fourth-order valence-electron chi connectivity index (χ4n) is 3.22. The lowest BCUT2D eigenvalue weighted by Gasteiger charge is -2.17. The van der Waals surface area contributed by atoms with Crippen molar-refractivity contribution in [2.45, 2.75) is 29.0 Å². The lowest BCUT2D eigenvalue weighted by atomic mass is 10.3. The van der Waals surface area contributed by atoms with Gasteiger partial charge in [-0.2, -0.15) is 13.2 Å². The van der Waals surface area contributed by atoms with Gasteiger partial charge in [0.2, 0.25) is 0 Å². The molecule has 3 aromatic rings. The zero-order valence-electron chi connectivity index (χ0n) is 20.2. The lowest BCUT2D eigenvalue weighted by Crippen LogP contribution is -2.41. The quantitative estimate of drug-likeness (QED) is 0.211. The molecule has 0 aliphatic carbocycles. The third kappa shape index (κ3) is 6.58. The summed E-state index contributed by atoms with van der Waals surface area (Å²) in [4.78, 5) is 37.9. The Morgan fingerprint density at radius 1 is 1.11 bits per heavy atom. The van der Waals surface area contributed by atoms with Crippen LogP contribution in [0.25, 0.3) is 5.69 Å². The molecule has 0 bridgehead atoms. The van der Waals surface area contributed by atoms with Gasteiger partial charge < -0.3 is 14.2 Å². The molecule has 1 aromatic heterocycles. The van der Waals surface area contributed by atoms with Crippen molar-refractivity contribution in [3.05, 3.63) is 79.8 Å². The average molecular weight is 577 g/mol. The number of para-hydroxylation sites is 1. The number of halogens is 5. The zero-order valence-corrected chi connectivity index (χ0v) is 21.7. The second-order valence-corrected chi connectivity index (χ2v) is 9.24. The smallest absolute Gasteiger partial charge is 0.431 e. The molecule has 0 N–H and O–H groups in total. The molecule has 3 rings (SSSR count). The SMILES string of the molecule is COCCOC(=O)C(C)Oc1ccccc1Sc1cc(-n2c(=O)cc(C(F)(F)F)n(C)c2=O)c(F)cc1Cl. The molecule has 1 heterocycles. The number of benzene rings is 2. The topological polar surface area (TPSA) is 88.8 Å². The molecule has 8 nitrogen and oxygen atoms in total. The van der Waals surface area contributed by atoms with E-state index in [0.717, 1.165) is 30.9 Å². The first-order valence-electron chi connectivity index (χ1n) is 10.8. The van der Waals surface area contributed by atoms with Crippen molar-refractivity contribution in [3.63, 3.8) is 0 Å². The van der Waals surface area contributed by atoms with E-state index in [1.165, 1.54) is 14.0 Å². The fourth-order valence-corrected chi connectivity index (χ4v) is 4.41. The van der Waals surface area contributed by atoms with Gasteiger partial charge in [-0.3, -0.25) is 9.36 Å². The largest absolute Gasteiger partial charge is 0.478 e. The molecular formula is C24H21ClF4N2O6S. The maximum Gasteiger partial charge on any atom is 0.431 e. The molecule has 204 valence electrons. The predicted octanol–water partition coefficient (Wildman–Crippen LogP) is 4.46. The van der Waals surface area contributed by atoms with Crippen LogP contribution in [0.1, 0.15) is 12.6 Å². The minimum atomic E-state index is -4.97. The lowest BCUT2D eigenvalue weighted by molar-refractivity contribution is -0.152. The van der Waals surface area contributed by atoms with Crippen LogP contribution in [0.15, 0.2) is 61.8 Å². The highest BCUT2D eigenvalue weighted by molar-refractivity contribution is 7.99. The van der Waals surface area contributed by atoms with Gasteiger partial charge >= 0.3 is 17.8 Å². The number of ether oxygens (including phenoxy) is 3. The van der Waals surface area contributed by atoms with Crippen molar-refractivity contribution in [1.29, 1.82) is 0 Å². The minimum Gasteiger partial charge on any atom is -0.478 e. The molecular weight excluding hydrogens is 556 g/mol. The Bertz CT molecular complexity index is 1460. The number of alkyl halides is 3. The van der Waals surface area contributed by atoms with E-state index in [1.54, 1.807) is 24.3 Å². The van der Waals surface area contributed by atoms with Crippen LogP contribution in [-0.4, -0.2) is 41.5 Å². The molecule has 0 saturated carbocycles. The number of methoxy groups -OCH3 is 1. The second kappa shape index (κ2) is 12.0. The van der Waals surface area contributed by atoms with E-state index in [2.05, 4.69) is 0 Å². The summed E-state index contributed by atoms with van der Waals surface area (Å²) >= 11 is 7.16. The Morgan fingerprint density at radius 3 is 2.45 bits per heavy atom. The van der Waals surface area contributed by atoms with Crippen molar-refractivity contribution >= 4 is 29.3 Å². The normalized spacial score (nSPS) is 12.3. The van der Waals surface area contributed by atoms with E-state index < -0.39 is 46.7 Å². The number of rotatable bonds is 9. The Labute approximate surface area is 222 Å². The maximum absolute atomic E-state index is 14.8. The molecule has 0 amide bonds. The van der Waals surface area contributed by atoms with Crippen LogP contribution >= 0.6 is 23.4 Å². The number of nitrogens with zero attached hydrogens (tertiary/aromatic N) is 2. The number of hydrogen-bond donors (Lipinski definition) is 0. The number of aromatic nitrogens is 2. The summed E-state index contributed by atoms with van der Waals surface area (Å²) in [6.45, 7) is 1.73. The predicted molar refractivity (Wildman–Crippen MR) is 131 cm³/mol. The van der Waals surface area contributed by atoms with Crippen molar-refractivity contribution in [2.75, 3.05) is 20.3 Å². The summed E-state index contributed by atoms with van der Waals surface area (Å²) < 4.78 is 70.5. The number of carbonyl (C=O) groups is 1. The van der Waals surface area contributed by atoms with E-state index in [0.29, 0.717) is 4.90 Å². The van der Waals surface area contributed by atoms with Gasteiger partial charge in [-0.15, -0.1) is 0 Å². The van der Waals surface area contributed by atoms with Gasteiger partial charge in [0.1, 0.15) is 23.9 Å². The van der Waals surface area contributed by atoms with E-state index in [9.17, 15) is 31.9 Å². The van der Waals surface area contributed by atoms with Crippen LogP contribution in [0.4, 0.5) is 17.6 Å². The van der Waals surface area contributed by atoms with Gasteiger partial charge in [-0.25, -0.2) is 18.5 Å². The minimum absolute atomic E-state index is 0.0379. The fraction of sp³-hybridized carbons (Fsp3) is 0.292. The molecule has 14 heteroatoms. The highest BCUT2D eigenvalue weighted by Crippen LogP contribution is 2.40. The van der Waals surface area contributed by atoms with Crippen LogP contribution < -0.4 is 16.0 Å². The first-order chi connectivity index (χ1) is 17.8. The average Bonchev–Trinajstić information content (AvgIpc) is 2.84. The monoisotopic (exact) mass is 576 g/mol. The van der Waals surface area contributed by atoms with Crippen molar-refractivity contribution in [3.8, 4) is 11.4 Å². The first kappa shape index (κ1) is 29.3. The maximum atomic E-state index is 14.8. The summed E-state index contributed by atoms with van der Waals surface area (Å²) in [6, 6.07) is 8.59. The summed E-state index contributed by atoms with van der Waals surface area (Å²) in [5.41, 5.74) is -4.84. The highest BCUT2D eigenvalue weighted by atomic mass is 35.5. The summed E-state index contributed by atoms with van der Waals surface area (Å²) in [6.07, 6.45) is -5.97. The molecule has 1 unspecified atom stereocenters. The standard InChI is InChI=1S/C24H21ClF4N2O6S/c1-13(22(33)36-9-8-35-3)37-17-6-4-5-7-18(17)38-19-11-16(15(26)10-14(19)25)31-21(32)12-20(24(27,28)29)30(2)23(31)34/h4-7,10-13H,8-9H2,1-3H3. The molecule has 0 aliphatic rings. The summed E-state index contributed by atoms with van der Waals surface area (Å²) in [7, 11) is 2.28. The second-order valence-electron chi connectivity index (χ2n) is 7.75. The Morgan fingerprint density at radius 2 is 1.79 bits per heavy atom. The Balaban J connectivity index is 1.99. The van der Waals surface area contributed by atoms with Crippen molar-refractivity contribution in [2.24, 2.45) is 7.05 Å². The van der Waals surface area contributed by atoms with Crippen molar-refractivity contribution < 1.29 is 36.6 Å². The third-order valence-corrected chi connectivity index (χ3v) is 6.63. The van der Waals surface area contributed by atoms with Gasteiger partial charge in [0.05, 0.1) is 22.2 Å². The molecule has 1 atom stereocenters. The van der Waals surface area contributed by atoms with Crippen LogP contribution in [0, 0.1) is 5.82 Å². The third-order valence-electron chi connectivity index (χ3n) is 5.09. The van der Waals surface area contributed by atoms with Crippen LogP contribution in [0.3, 0.4) is 0 Å². The van der Waals surface area contributed by atoms with Crippen molar-refractivity contribution in [1.82, 2.24) is 9.13 Å². The number of hydrogen-bond acceptors (Lipinski definition) is 7. The van der Waals surface area contributed by atoms with Crippen LogP contribution in [0.2, 0.25) is 5.02 Å². The molecule has 0 radical (unpaired) electrons. The molecule has 0 fully saturated rings. The van der Waals surface area contributed by atoms with Gasteiger partial charge in [-0.05, 0) is 31.2 Å². The van der Waals surface area contributed by atoms with E-state index in [4.69, 9.17) is 25.8 Å². The Kier molecular flexibility index (Phi) is 9.28. The van der Waals surface area contributed by atoms with E-state index in [1.807, 2.05) is 0 Å². The van der Waals surface area contributed by atoms with Crippen LogP contribution in [0.5, 0.6) is 5.75 Å².